The molecule has 1 atom stereocenters. The van der Waals surface area contributed by atoms with E-state index in [4.69, 9.17) is 5.26 Å². The zero-order chi connectivity index (χ0) is 14.4. The molecule has 0 bridgehead atoms. The van der Waals surface area contributed by atoms with Crippen LogP contribution in [-0.4, -0.2) is 18.2 Å². The zero-order valence-corrected chi connectivity index (χ0v) is 11.7. The molecule has 3 nitrogen and oxygen atoms in total. The van der Waals surface area contributed by atoms with Crippen LogP contribution in [0.4, 0.5) is 10.1 Å². The Morgan fingerprint density at radius 2 is 2.05 bits per heavy atom. The fourth-order valence-corrected chi connectivity index (χ4v) is 2.15. The van der Waals surface area contributed by atoms with Gasteiger partial charge in [-0.15, -0.1) is 0 Å². The molecule has 4 heteroatoms. The molecular weight excluding hydrogens is 243 g/mol. The van der Waals surface area contributed by atoms with Gasteiger partial charge in [-0.3, -0.25) is 0 Å². The molecule has 1 aromatic carbocycles. The summed E-state index contributed by atoms with van der Waals surface area (Å²) >= 11 is 0. The van der Waals surface area contributed by atoms with Gasteiger partial charge in [-0.2, -0.15) is 5.26 Å². The fraction of sp³-hybridized carbons (Fsp3) is 0.533. The van der Waals surface area contributed by atoms with Gasteiger partial charge < -0.3 is 10.0 Å². The van der Waals surface area contributed by atoms with Crippen LogP contribution in [0.2, 0.25) is 0 Å². The fourth-order valence-electron chi connectivity index (χ4n) is 2.15. The van der Waals surface area contributed by atoms with Crippen LogP contribution in [0.15, 0.2) is 18.2 Å². The average Bonchev–Trinajstić information content (AvgIpc) is 2.33. The number of benzene rings is 1. The molecule has 1 aromatic rings. The maximum atomic E-state index is 13.9. The summed E-state index contributed by atoms with van der Waals surface area (Å²) in [5.74, 6) is -0.0120. The van der Waals surface area contributed by atoms with Gasteiger partial charge in [0.2, 0.25) is 0 Å². The summed E-state index contributed by atoms with van der Waals surface area (Å²) in [6.45, 7) is 6.96. The van der Waals surface area contributed by atoms with Crippen molar-refractivity contribution in [2.45, 2.75) is 33.3 Å². The monoisotopic (exact) mass is 264 g/mol. The Balaban J connectivity index is 3.14. The Morgan fingerprint density at radius 3 is 2.58 bits per heavy atom. The number of anilines is 1. The first kappa shape index (κ1) is 15.5. The van der Waals surface area contributed by atoms with E-state index >= 15 is 0 Å². The first-order valence-electron chi connectivity index (χ1n) is 6.55. The molecule has 0 aromatic heterocycles. The normalized spacial score (nSPS) is 12.3. The number of hydrogen-bond donors (Lipinski definition) is 1. The summed E-state index contributed by atoms with van der Waals surface area (Å²) in [5, 5.41) is 18.5. The van der Waals surface area contributed by atoms with Gasteiger partial charge in [0.25, 0.3) is 0 Å². The van der Waals surface area contributed by atoms with E-state index in [1.807, 2.05) is 4.90 Å². The summed E-state index contributed by atoms with van der Waals surface area (Å²) in [4.78, 5) is 1.97. The molecule has 0 heterocycles. The molecule has 1 N–H and O–H groups in total. The van der Waals surface area contributed by atoms with E-state index in [0.29, 0.717) is 30.1 Å². The first-order chi connectivity index (χ1) is 8.97. The minimum Gasteiger partial charge on any atom is -0.389 e. The molecule has 1 rings (SSSR count). The summed E-state index contributed by atoms with van der Waals surface area (Å²) in [6.07, 6.45) is -0.490. The third-order valence-electron chi connectivity index (χ3n) is 2.87. The first-order valence-corrected chi connectivity index (χ1v) is 6.55. The molecule has 0 aliphatic carbocycles. The van der Waals surface area contributed by atoms with E-state index < -0.39 is 11.9 Å². The molecule has 0 fully saturated rings. The lowest BCUT2D eigenvalue weighted by atomic mass is 10.0. The van der Waals surface area contributed by atoms with E-state index in [0.717, 1.165) is 6.54 Å². The molecule has 0 amide bonds. The highest BCUT2D eigenvalue weighted by Gasteiger charge is 2.18. The Labute approximate surface area is 114 Å². The van der Waals surface area contributed by atoms with Crippen molar-refractivity contribution in [1.82, 2.24) is 0 Å². The lowest BCUT2D eigenvalue weighted by Crippen LogP contribution is -2.30. The molecule has 0 unspecified atom stereocenters. The van der Waals surface area contributed by atoms with Crippen molar-refractivity contribution in [1.29, 1.82) is 5.26 Å². The largest absolute Gasteiger partial charge is 0.389 e. The summed E-state index contributed by atoms with van der Waals surface area (Å²) in [6, 6.07) is 6.89. The molecule has 104 valence electrons. The van der Waals surface area contributed by atoms with Crippen molar-refractivity contribution in [3.05, 3.63) is 29.6 Å². The van der Waals surface area contributed by atoms with Crippen LogP contribution in [-0.2, 0) is 0 Å². The molecule has 0 aliphatic rings. The van der Waals surface area contributed by atoms with Crippen LogP contribution in [0.5, 0.6) is 0 Å². The van der Waals surface area contributed by atoms with Gasteiger partial charge in [-0.05, 0) is 25.0 Å². The second-order valence-corrected chi connectivity index (χ2v) is 5.10. The minimum absolute atomic E-state index is 0.307. The average molecular weight is 264 g/mol. The smallest absolute Gasteiger partial charge is 0.131 e. The summed E-state index contributed by atoms with van der Waals surface area (Å²) in [5.41, 5.74) is 0.986. The number of halogens is 1. The summed E-state index contributed by atoms with van der Waals surface area (Å²) in [7, 11) is 0. The van der Waals surface area contributed by atoms with Gasteiger partial charge in [0.15, 0.2) is 0 Å². The predicted octanol–water partition coefficient (Wildman–Crippen LogP) is 3.26. The maximum absolute atomic E-state index is 13.9. The van der Waals surface area contributed by atoms with Gasteiger partial charge in [0.05, 0.1) is 18.6 Å². The van der Waals surface area contributed by atoms with Crippen LogP contribution >= 0.6 is 0 Å². The van der Waals surface area contributed by atoms with Crippen molar-refractivity contribution in [2.75, 3.05) is 18.0 Å². The van der Waals surface area contributed by atoms with E-state index in [1.54, 1.807) is 19.1 Å². The second kappa shape index (κ2) is 7.10. The van der Waals surface area contributed by atoms with Gasteiger partial charge >= 0.3 is 0 Å². The van der Waals surface area contributed by atoms with Gasteiger partial charge in [0, 0.05) is 24.3 Å². The molecule has 0 saturated carbocycles. The van der Waals surface area contributed by atoms with Gasteiger partial charge in [-0.1, -0.05) is 19.9 Å². The zero-order valence-electron chi connectivity index (χ0n) is 11.7. The van der Waals surface area contributed by atoms with Crippen LogP contribution in [0.1, 0.15) is 38.9 Å². The van der Waals surface area contributed by atoms with Crippen LogP contribution in [0.3, 0.4) is 0 Å². The number of nitriles is 1. The highest BCUT2D eigenvalue weighted by atomic mass is 19.1. The van der Waals surface area contributed by atoms with Crippen LogP contribution < -0.4 is 4.90 Å². The maximum Gasteiger partial charge on any atom is 0.131 e. The van der Waals surface area contributed by atoms with Crippen molar-refractivity contribution in [2.24, 2.45) is 5.92 Å². The van der Waals surface area contributed by atoms with Crippen molar-refractivity contribution in [3.63, 3.8) is 0 Å². The number of aliphatic hydroxyl groups excluding tert-OH is 1. The molecular formula is C15H21FN2O. The standard InChI is InChI=1S/C15H21FN2O/c1-11(2)10-18(9-5-8-17)14-7-4-6-13(16)15(14)12(3)19/h4,6-7,11-12,19H,5,9-10H2,1-3H3/t12-/m1/s1. The topological polar surface area (TPSA) is 47.3 Å². The number of aliphatic hydroxyl groups is 1. The van der Waals surface area contributed by atoms with Gasteiger partial charge in [0.1, 0.15) is 5.82 Å². The molecule has 19 heavy (non-hydrogen) atoms. The Kier molecular flexibility index (Phi) is 5.78. The predicted molar refractivity (Wildman–Crippen MR) is 74.3 cm³/mol. The molecule has 0 saturated heterocycles. The van der Waals surface area contributed by atoms with Crippen molar-refractivity contribution >= 4 is 5.69 Å². The van der Waals surface area contributed by atoms with Crippen molar-refractivity contribution < 1.29 is 9.50 Å². The van der Waals surface area contributed by atoms with E-state index in [-0.39, 0.29) is 0 Å². The Hall–Kier alpha value is -1.60. The third kappa shape index (κ3) is 4.22. The highest BCUT2D eigenvalue weighted by Crippen LogP contribution is 2.29. The van der Waals surface area contributed by atoms with Crippen molar-refractivity contribution in [3.8, 4) is 6.07 Å². The Bertz CT molecular complexity index is 452. The Morgan fingerprint density at radius 1 is 1.37 bits per heavy atom. The molecule has 0 aliphatic heterocycles. The lowest BCUT2D eigenvalue weighted by molar-refractivity contribution is 0.194. The summed E-state index contributed by atoms with van der Waals surface area (Å²) < 4.78 is 13.9. The number of hydrogen-bond acceptors (Lipinski definition) is 3. The number of nitrogens with zero attached hydrogens (tertiary/aromatic N) is 2. The molecule has 0 spiro atoms. The van der Waals surface area contributed by atoms with Crippen LogP contribution in [0, 0.1) is 23.1 Å². The van der Waals surface area contributed by atoms with E-state index in [1.165, 1.54) is 6.07 Å². The lowest BCUT2D eigenvalue weighted by Gasteiger charge is -2.29. The molecule has 0 radical (unpaired) electrons. The number of rotatable bonds is 6. The third-order valence-corrected chi connectivity index (χ3v) is 2.87. The highest BCUT2D eigenvalue weighted by molar-refractivity contribution is 5.55. The quantitative estimate of drug-likeness (QED) is 0.858. The van der Waals surface area contributed by atoms with Crippen LogP contribution in [0.25, 0.3) is 0 Å². The SMILES string of the molecule is CC(C)CN(CCC#N)c1cccc(F)c1[C@@H](C)O. The second-order valence-electron chi connectivity index (χ2n) is 5.10. The van der Waals surface area contributed by atoms with Gasteiger partial charge in [-0.25, -0.2) is 4.39 Å². The minimum atomic E-state index is -0.868. The van der Waals surface area contributed by atoms with E-state index in [2.05, 4.69) is 19.9 Å². The van der Waals surface area contributed by atoms with E-state index in [9.17, 15) is 9.50 Å².